The molecule has 0 fully saturated rings. The van der Waals surface area contributed by atoms with E-state index in [-0.39, 0.29) is 18.2 Å². The van der Waals surface area contributed by atoms with Gasteiger partial charge in [-0.1, -0.05) is 6.92 Å². The normalized spacial score (nSPS) is 12.5. The molecule has 15 heavy (non-hydrogen) atoms. The van der Waals surface area contributed by atoms with Crippen LogP contribution in [0.15, 0.2) is 10.9 Å². The summed E-state index contributed by atoms with van der Waals surface area (Å²) in [4.78, 5) is 14.3. The van der Waals surface area contributed by atoms with Crippen LogP contribution in [0.3, 0.4) is 0 Å². The van der Waals surface area contributed by atoms with Gasteiger partial charge in [-0.05, 0) is 26.3 Å². The number of hydrogen-bond donors (Lipinski definition) is 2. The highest BCUT2D eigenvalue weighted by Gasteiger charge is 2.10. The summed E-state index contributed by atoms with van der Waals surface area (Å²) in [5.41, 5.74) is 6.66. The third-order valence-electron chi connectivity index (χ3n) is 2.34. The number of aromatic nitrogens is 1. The van der Waals surface area contributed by atoms with Gasteiger partial charge in [0.2, 0.25) is 0 Å². The van der Waals surface area contributed by atoms with Gasteiger partial charge in [0, 0.05) is 12.2 Å². The highest BCUT2D eigenvalue weighted by atomic mass is 16.5. The van der Waals surface area contributed by atoms with Crippen molar-refractivity contribution in [3.8, 4) is 5.75 Å². The lowest BCUT2D eigenvalue weighted by Crippen LogP contribution is -2.21. The van der Waals surface area contributed by atoms with Crippen molar-refractivity contribution in [3.63, 3.8) is 0 Å². The fraction of sp³-hybridized carbons (Fsp3) is 0.545. The summed E-state index contributed by atoms with van der Waals surface area (Å²) >= 11 is 0. The quantitative estimate of drug-likeness (QED) is 0.787. The molecule has 0 aromatic carbocycles. The second-order valence-corrected chi connectivity index (χ2v) is 3.67. The van der Waals surface area contributed by atoms with Crippen LogP contribution < -0.4 is 16.0 Å². The van der Waals surface area contributed by atoms with Crippen LogP contribution in [0.5, 0.6) is 5.75 Å². The van der Waals surface area contributed by atoms with Gasteiger partial charge in [0.15, 0.2) is 0 Å². The van der Waals surface area contributed by atoms with Crippen molar-refractivity contribution in [2.24, 2.45) is 5.73 Å². The molecular weight excluding hydrogens is 192 g/mol. The molecule has 3 N–H and O–H groups in total. The van der Waals surface area contributed by atoms with Crippen molar-refractivity contribution in [2.45, 2.75) is 39.8 Å². The SMILES string of the molecule is CCC(C)Oc1cc(C)[nH]c(=O)c1CN. The molecule has 0 aliphatic carbocycles. The van der Waals surface area contributed by atoms with E-state index in [1.807, 2.05) is 26.8 Å². The van der Waals surface area contributed by atoms with Gasteiger partial charge in [-0.3, -0.25) is 4.79 Å². The number of hydrogen-bond acceptors (Lipinski definition) is 3. The van der Waals surface area contributed by atoms with Crippen molar-refractivity contribution in [2.75, 3.05) is 0 Å². The summed E-state index contributed by atoms with van der Waals surface area (Å²) in [5.74, 6) is 0.605. The topological polar surface area (TPSA) is 68.1 Å². The first kappa shape index (κ1) is 11.8. The maximum absolute atomic E-state index is 11.5. The molecule has 1 unspecified atom stereocenters. The highest BCUT2D eigenvalue weighted by molar-refractivity contribution is 5.32. The van der Waals surface area contributed by atoms with E-state index in [4.69, 9.17) is 10.5 Å². The van der Waals surface area contributed by atoms with E-state index < -0.39 is 0 Å². The largest absolute Gasteiger partial charge is 0.490 e. The number of H-pyrrole nitrogens is 1. The van der Waals surface area contributed by atoms with Gasteiger partial charge < -0.3 is 15.5 Å². The van der Waals surface area contributed by atoms with Crippen LogP contribution in [0.1, 0.15) is 31.5 Å². The Bertz CT molecular complexity index is 385. The van der Waals surface area contributed by atoms with Crippen molar-refractivity contribution in [3.05, 3.63) is 27.7 Å². The van der Waals surface area contributed by atoms with Crippen LogP contribution in [0.4, 0.5) is 0 Å². The van der Waals surface area contributed by atoms with Crippen molar-refractivity contribution in [1.29, 1.82) is 0 Å². The predicted molar refractivity (Wildman–Crippen MR) is 60.1 cm³/mol. The van der Waals surface area contributed by atoms with Gasteiger partial charge in [-0.15, -0.1) is 0 Å². The monoisotopic (exact) mass is 210 g/mol. The number of pyridine rings is 1. The van der Waals surface area contributed by atoms with Crippen LogP contribution in [0, 0.1) is 6.92 Å². The first-order chi connectivity index (χ1) is 7.08. The van der Waals surface area contributed by atoms with Gasteiger partial charge in [0.05, 0.1) is 11.7 Å². The summed E-state index contributed by atoms with van der Waals surface area (Å²) in [6.45, 7) is 6.02. The Morgan fingerprint density at radius 3 is 2.80 bits per heavy atom. The minimum absolute atomic E-state index is 0.0940. The van der Waals surface area contributed by atoms with Gasteiger partial charge >= 0.3 is 0 Å². The lowest BCUT2D eigenvalue weighted by molar-refractivity contribution is 0.214. The van der Waals surface area contributed by atoms with Gasteiger partial charge in [0.1, 0.15) is 5.75 Å². The zero-order chi connectivity index (χ0) is 11.4. The van der Waals surface area contributed by atoms with E-state index >= 15 is 0 Å². The van der Waals surface area contributed by atoms with Crippen LogP contribution in [0.25, 0.3) is 0 Å². The molecule has 0 saturated heterocycles. The summed E-state index contributed by atoms with van der Waals surface area (Å²) in [6.07, 6.45) is 0.993. The number of nitrogens with one attached hydrogen (secondary N) is 1. The van der Waals surface area contributed by atoms with Gasteiger partial charge in [-0.25, -0.2) is 0 Å². The molecule has 1 aromatic heterocycles. The Morgan fingerprint density at radius 2 is 2.27 bits per heavy atom. The van der Waals surface area contributed by atoms with Crippen LogP contribution in [-0.4, -0.2) is 11.1 Å². The molecule has 0 aliphatic rings. The van der Waals surface area contributed by atoms with E-state index in [0.29, 0.717) is 11.3 Å². The molecule has 0 bridgehead atoms. The number of aryl methyl sites for hydroxylation is 1. The molecule has 0 radical (unpaired) electrons. The van der Waals surface area contributed by atoms with Crippen molar-refractivity contribution in [1.82, 2.24) is 4.98 Å². The molecule has 4 nitrogen and oxygen atoms in total. The van der Waals surface area contributed by atoms with Gasteiger partial charge in [-0.2, -0.15) is 0 Å². The van der Waals surface area contributed by atoms with Gasteiger partial charge in [0.25, 0.3) is 5.56 Å². The molecule has 0 amide bonds. The van der Waals surface area contributed by atoms with Crippen LogP contribution >= 0.6 is 0 Å². The summed E-state index contributed by atoms with van der Waals surface area (Å²) in [7, 11) is 0. The zero-order valence-corrected chi connectivity index (χ0v) is 9.46. The lowest BCUT2D eigenvalue weighted by Gasteiger charge is -2.15. The Balaban J connectivity index is 3.09. The number of aromatic amines is 1. The Morgan fingerprint density at radius 1 is 1.60 bits per heavy atom. The fourth-order valence-electron chi connectivity index (χ4n) is 1.28. The summed E-state index contributed by atoms with van der Waals surface area (Å²) in [5, 5.41) is 0. The second kappa shape index (κ2) is 4.98. The average Bonchev–Trinajstić information content (AvgIpc) is 2.17. The summed E-state index contributed by atoms with van der Waals surface area (Å²) in [6, 6.07) is 1.82. The third kappa shape index (κ3) is 2.83. The van der Waals surface area contributed by atoms with E-state index in [1.54, 1.807) is 0 Å². The first-order valence-corrected chi connectivity index (χ1v) is 5.18. The molecule has 0 saturated carbocycles. The third-order valence-corrected chi connectivity index (χ3v) is 2.34. The molecular formula is C11H18N2O2. The highest BCUT2D eigenvalue weighted by Crippen LogP contribution is 2.17. The van der Waals surface area contributed by atoms with E-state index in [0.717, 1.165) is 12.1 Å². The molecule has 1 rings (SSSR count). The predicted octanol–water partition coefficient (Wildman–Crippen LogP) is 1.32. The Hall–Kier alpha value is -1.29. The fourth-order valence-corrected chi connectivity index (χ4v) is 1.28. The standard InChI is InChI=1S/C11H18N2O2/c1-4-8(3)15-10-5-7(2)13-11(14)9(10)6-12/h5,8H,4,6,12H2,1-3H3,(H,13,14). The molecule has 84 valence electrons. The average molecular weight is 210 g/mol. The maximum atomic E-state index is 11.5. The number of rotatable bonds is 4. The minimum Gasteiger partial charge on any atom is -0.490 e. The molecule has 4 heteroatoms. The summed E-state index contributed by atoms with van der Waals surface area (Å²) < 4.78 is 5.65. The van der Waals surface area contributed by atoms with E-state index in [1.165, 1.54) is 0 Å². The molecule has 1 heterocycles. The Kier molecular flexibility index (Phi) is 3.91. The van der Waals surface area contributed by atoms with Crippen molar-refractivity contribution >= 4 is 0 Å². The van der Waals surface area contributed by atoms with Crippen molar-refractivity contribution < 1.29 is 4.74 Å². The smallest absolute Gasteiger partial charge is 0.256 e. The zero-order valence-electron chi connectivity index (χ0n) is 9.46. The number of nitrogens with two attached hydrogens (primary N) is 1. The maximum Gasteiger partial charge on any atom is 0.256 e. The minimum atomic E-state index is -0.157. The molecule has 1 atom stereocenters. The van der Waals surface area contributed by atoms with Crippen LogP contribution in [0.2, 0.25) is 0 Å². The van der Waals surface area contributed by atoms with Crippen LogP contribution in [-0.2, 0) is 6.54 Å². The first-order valence-electron chi connectivity index (χ1n) is 5.18. The second-order valence-electron chi connectivity index (χ2n) is 3.67. The molecule has 0 aliphatic heterocycles. The number of ether oxygens (including phenoxy) is 1. The lowest BCUT2D eigenvalue weighted by atomic mass is 10.2. The molecule has 1 aromatic rings. The Labute approximate surface area is 89.5 Å². The van der Waals surface area contributed by atoms with E-state index in [9.17, 15) is 4.79 Å². The molecule has 0 spiro atoms. The van der Waals surface area contributed by atoms with E-state index in [2.05, 4.69) is 4.98 Å².